The van der Waals surface area contributed by atoms with Gasteiger partial charge in [0.25, 0.3) is 5.91 Å². The van der Waals surface area contributed by atoms with Gasteiger partial charge in [0.05, 0.1) is 29.7 Å². The van der Waals surface area contributed by atoms with E-state index in [0.717, 1.165) is 11.1 Å². The largest absolute Gasteiger partial charge is 0.487 e. The fourth-order valence-electron chi connectivity index (χ4n) is 9.63. The molecule has 0 saturated carbocycles. The normalized spacial score (nSPS) is 25.3. The highest BCUT2D eigenvalue weighted by Gasteiger charge is 2.46. The lowest BCUT2D eigenvalue weighted by atomic mass is 9.94. The van der Waals surface area contributed by atoms with Crippen molar-refractivity contribution in [3.63, 3.8) is 0 Å². The van der Waals surface area contributed by atoms with E-state index in [1.54, 1.807) is 65.0 Å². The number of carbonyl (C=O) groups excluding carboxylic acids is 7. The van der Waals surface area contributed by atoms with Crippen LogP contribution in [-0.2, 0) is 65.7 Å². The van der Waals surface area contributed by atoms with Crippen LogP contribution in [0.15, 0.2) is 35.2 Å². The highest BCUT2D eigenvalue weighted by Crippen LogP contribution is 2.44. The molecule has 5 rings (SSSR count). The maximum Gasteiger partial charge on any atom is 0.308 e. The van der Waals surface area contributed by atoms with Gasteiger partial charge in [-0.2, -0.15) is 0 Å². The summed E-state index contributed by atoms with van der Waals surface area (Å²) in [4.78, 5) is 96.5. The van der Waals surface area contributed by atoms with E-state index < -0.39 is 136 Å². The molecule has 2 unspecified atom stereocenters. The summed E-state index contributed by atoms with van der Waals surface area (Å²) in [6, 6.07) is 2.92. The molecule has 77 heavy (non-hydrogen) atoms. The number of aliphatic hydroxyl groups is 3. The summed E-state index contributed by atoms with van der Waals surface area (Å²) in [5.74, 6) is -5.82. The van der Waals surface area contributed by atoms with Crippen molar-refractivity contribution in [2.24, 2.45) is 5.73 Å². The Hall–Kier alpha value is -6.05. The van der Waals surface area contributed by atoms with Crippen LogP contribution in [0.4, 0.5) is 0 Å². The van der Waals surface area contributed by atoms with Gasteiger partial charge in [-0.25, -0.2) is 8.42 Å². The van der Waals surface area contributed by atoms with Crippen LogP contribution in [0.3, 0.4) is 0 Å². The standard InChI is InChI=1S/C53H78N8O15S/c1-28-29(2)46(30(3)33-24-53(7,8)76-44(28)33)77(72,73)27-32(55)18-12-13-19-34-47(67)57-26-39(62)58-37(23-40(63)75-52(4,5)6)50(70)61-36(22-31-16-10-9-11-17-31)49(69)60-35(48(68)59-34)20-14-15-21-56-51(71)45-43(66)42(65)41(64)38(25-54)74-45/h9-11,16-17,34-38,41-43,45,55,64-66H,12-15,18-27,54H2,1-8H3,(H,56,71)(H,57,67)(H,58,62)(H,59,68)(H,60,69)(H,61,70)/t34-,35-,36+,37-,38+,41-,42?,43+,45?/m0/s1. The van der Waals surface area contributed by atoms with Gasteiger partial charge >= 0.3 is 5.97 Å². The summed E-state index contributed by atoms with van der Waals surface area (Å²) in [5.41, 5.74) is 7.36. The lowest BCUT2D eigenvalue weighted by Crippen LogP contribution is -2.62. The first-order valence-corrected chi connectivity index (χ1v) is 27.7. The molecule has 12 N–H and O–H groups in total. The molecule has 3 heterocycles. The minimum Gasteiger partial charge on any atom is -0.487 e. The number of amides is 6. The predicted octanol–water partition coefficient (Wildman–Crippen LogP) is -0.182. The van der Waals surface area contributed by atoms with E-state index in [1.807, 2.05) is 20.8 Å². The van der Waals surface area contributed by atoms with E-state index >= 15 is 0 Å². The summed E-state index contributed by atoms with van der Waals surface area (Å²) in [6.45, 7) is 13.0. The van der Waals surface area contributed by atoms with Gasteiger partial charge in [-0.05, 0) is 116 Å². The summed E-state index contributed by atoms with van der Waals surface area (Å²) in [7, 11) is -3.98. The minimum atomic E-state index is -3.98. The molecule has 426 valence electrons. The first-order valence-electron chi connectivity index (χ1n) is 26.0. The number of rotatable bonds is 19. The molecule has 3 aliphatic heterocycles. The van der Waals surface area contributed by atoms with Crippen molar-refractivity contribution in [1.29, 1.82) is 5.41 Å². The fourth-order valence-corrected chi connectivity index (χ4v) is 11.6. The number of hydrogen-bond donors (Lipinski definition) is 11. The number of hydrogen-bond acceptors (Lipinski definition) is 17. The van der Waals surface area contributed by atoms with Crippen molar-refractivity contribution in [3.05, 3.63) is 58.1 Å². The molecule has 2 aromatic carbocycles. The number of unbranched alkanes of at least 4 members (excludes halogenated alkanes) is 2. The molecule has 2 fully saturated rings. The third kappa shape index (κ3) is 17.0. The highest BCUT2D eigenvalue weighted by atomic mass is 32.2. The third-order valence-electron chi connectivity index (χ3n) is 13.7. The van der Waals surface area contributed by atoms with Gasteiger partial charge in [0.1, 0.15) is 59.4 Å². The van der Waals surface area contributed by atoms with E-state index in [4.69, 9.17) is 25.4 Å². The Morgan fingerprint density at radius 1 is 0.805 bits per heavy atom. The van der Waals surface area contributed by atoms with Crippen molar-refractivity contribution in [1.82, 2.24) is 31.9 Å². The van der Waals surface area contributed by atoms with Crippen LogP contribution >= 0.6 is 0 Å². The molecule has 0 aliphatic carbocycles. The number of sulfone groups is 1. The van der Waals surface area contributed by atoms with Crippen LogP contribution in [0.25, 0.3) is 0 Å². The van der Waals surface area contributed by atoms with E-state index in [1.165, 1.54) is 0 Å². The molecule has 0 spiro atoms. The first kappa shape index (κ1) is 61.8. The number of aliphatic hydroxyl groups excluding tert-OH is 3. The molecule has 24 heteroatoms. The van der Waals surface area contributed by atoms with Gasteiger partial charge in [-0.15, -0.1) is 0 Å². The van der Waals surface area contributed by atoms with Crippen molar-refractivity contribution in [2.45, 2.75) is 190 Å². The lowest BCUT2D eigenvalue weighted by molar-refractivity contribution is -0.218. The van der Waals surface area contributed by atoms with E-state index in [-0.39, 0.29) is 75.1 Å². The Balaban J connectivity index is 1.35. The zero-order valence-corrected chi connectivity index (χ0v) is 46.0. The van der Waals surface area contributed by atoms with E-state index in [2.05, 4.69) is 31.9 Å². The molecule has 0 aromatic heterocycles. The SMILES string of the molecule is Cc1c(C)c(S(=O)(=O)CC(=N)CCCC[C@@H]2NC(=O)[C@H](CCCCNC(=O)C3O[C@H](CN)[C@H](O)C(O)[C@H]3O)NC(=O)[C@@H](Cc3ccccc3)NC(=O)[C@H](CC(=O)OC(C)(C)C)NC(=O)CNC2=O)c(C)c2c1OC(C)(C)C2. The van der Waals surface area contributed by atoms with Gasteiger partial charge in [-0.1, -0.05) is 36.8 Å². The maximum atomic E-state index is 14.4. The lowest BCUT2D eigenvalue weighted by Gasteiger charge is -2.39. The quantitative estimate of drug-likeness (QED) is 0.0494. The first-order chi connectivity index (χ1) is 36.0. The van der Waals surface area contributed by atoms with Gasteiger partial charge in [0.15, 0.2) is 15.9 Å². The molecule has 2 saturated heterocycles. The Morgan fingerprint density at radius 2 is 1.40 bits per heavy atom. The predicted molar refractivity (Wildman–Crippen MR) is 281 cm³/mol. The molecule has 2 aromatic rings. The van der Waals surface area contributed by atoms with Crippen molar-refractivity contribution in [2.75, 3.05) is 25.4 Å². The second kappa shape index (κ2) is 26.5. The maximum absolute atomic E-state index is 14.4. The number of nitrogens with two attached hydrogens (primary N) is 1. The summed E-state index contributed by atoms with van der Waals surface area (Å²) >= 11 is 0. The molecule has 3 aliphatic rings. The molecular formula is C53H78N8O15S. The van der Waals surface area contributed by atoms with E-state index in [0.29, 0.717) is 28.9 Å². The minimum absolute atomic E-state index is 0.0299. The van der Waals surface area contributed by atoms with Crippen LogP contribution < -0.4 is 42.4 Å². The van der Waals surface area contributed by atoms with Crippen molar-refractivity contribution >= 4 is 57.0 Å². The third-order valence-corrected chi connectivity index (χ3v) is 15.6. The number of ether oxygens (including phenoxy) is 3. The Kier molecular flexibility index (Phi) is 21.3. The van der Waals surface area contributed by atoms with Crippen LogP contribution in [0, 0.1) is 26.2 Å². The molecule has 9 atom stereocenters. The zero-order chi connectivity index (χ0) is 57.2. The molecule has 0 radical (unpaired) electrons. The number of esters is 1. The Labute approximate surface area is 449 Å². The van der Waals surface area contributed by atoms with Crippen LogP contribution in [-0.4, -0.2) is 162 Å². The molecule has 23 nitrogen and oxygen atoms in total. The second-order valence-corrected chi connectivity index (χ2v) is 23.7. The second-order valence-electron chi connectivity index (χ2n) is 21.7. The monoisotopic (exact) mass is 1100 g/mol. The number of carbonyl (C=O) groups is 7. The van der Waals surface area contributed by atoms with Gasteiger partial charge < -0.3 is 72.6 Å². The van der Waals surface area contributed by atoms with Gasteiger partial charge in [-0.3, -0.25) is 33.6 Å². The topological polar surface area (TPSA) is 364 Å². The van der Waals surface area contributed by atoms with Gasteiger partial charge in [0.2, 0.25) is 29.5 Å². The summed E-state index contributed by atoms with van der Waals surface area (Å²) < 4.78 is 45.0. The highest BCUT2D eigenvalue weighted by molar-refractivity contribution is 7.92. The average Bonchev–Trinajstić information content (AvgIpc) is 3.69. The Morgan fingerprint density at radius 3 is 2.04 bits per heavy atom. The van der Waals surface area contributed by atoms with Gasteiger partial charge in [0, 0.05) is 37.2 Å². The van der Waals surface area contributed by atoms with Crippen molar-refractivity contribution < 1.29 is 71.5 Å². The molecule has 6 amide bonds. The summed E-state index contributed by atoms with van der Waals surface area (Å²) in [6.07, 6.45) is -7.26. The fraction of sp³-hybridized carbons (Fsp3) is 0.623. The number of benzene rings is 2. The smallest absolute Gasteiger partial charge is 0.308 e. The molecular weight excluding hydrogens is 1020 g/mol. The number of fused-ring (bicyclic) bond motifs is 1. The average molecular weight is 1100 g/mol. The number of nitrogens with one attached hydrogen (secondary N) is 7. The molecule has 0 bridgehead atoms. The summed E-state index contributed by atoms with van der Waals surface area (Å²) in [5, 5.41) is 55.2. The van der Waals surface area contributed by atoms with Crippen LogP contribution in [0.2, 0.25) is 0 Å². The Bertz CT molecular complexity index is 2620. The van der Waals surface area contributed by atoms with Crippen LogP contribution in [0.1, 0.15) is 114 Å². The van der Waals surface area contributed by atoms with E-state index in [9.17, 15) is 57.3 Å². The van der Waals surface area contributed by atoms with Crippen molar-refractivity contribution in [3.8, 4) is 5.75 Å². The van der Waals surface area contributed by atoms with Crippen LogP contribution in [0.5, 0.6) is 5.75 Å². The zero-order valence-electron chi connectivity index (χ0n) is 45.2.